The van der Waals surface area contributed by atoms with Crippen LogP contribution in [-0.2, 0) is 6.18 Å². The molecule has 0 saturated heterocycles. The second-order valence-electron chi connectivity index (χ2n) is 7.80. The number of para-hydroxylation sites is 1. The summed E-state index contributed by atoms with van der Waals surface area (Å²) in [6.07, 6.45) is -4.63. The second kappa shape index (κ2) is 8.83. The number of aromatic nitrogens is 3. The number of benzene rings is 3. The molecule has 3 aromatic carbocycles. The van der Waals surface area contributed by atoms with E-state index >= 15 is 0 Å². The first-order valence-corrected chi connectivity index (χ1v) is 11.6. The summed E-state index contributed by atoms with van der Waals surface area (Å²) in [6.45, 7) is 1.98. The predicted octanol–water partition coefficient (Wildman–Crippen LogP) is 7.38. The van der Waals surface area contributed by atoms with Crippen LogP contribution in [0.25, 0.3) is 27.2 Å². The number of nitrogens with one attached hydrogen (secondary N) is 1. The van der Waals surface area contributed by atoms with E-state index in [1.165, 1.54) is 11.3 Å². The van der Waals surface area contributed by atoms with E-state index in [1.54, 1.807) is 48.5 Å². The maximum absolute atomic E-state index is 13.4. The number of thiazole rings is 1. The number of carbonyl (C=O) groups excluding carboxylic acids is 1. The van der Waals surface area contributed by atoms with Crippen LogP contribution < -0.4 is 5.32 Å². The van der Waals surface area contributed by atoms with E-state index in [0.29, 0.717) is 21.9 Å². The number of halogens is 4. The molecule has 0 aliphatic carbocycles. The summed E-state index contributed by atoms with van der Waals surface area (Å²) in [6, 6.07) is 19.5. The maximum Gasteiger partial charge on any atom is 0.435 e. The van der Waals surface area contributed by atoms with Crippen molar-refractivity contribution in [1.29, 1.82) is 0 Å². The molecule has 0 unspecified atom stereocenters. The van der Waals surface area contributed by atoms with Crippen LogP contribution >= 0.6 is 22.9 Å². The molecule has 0 fully saturated rings. The van der Waals surface area contributed by atoms with E-state index in [0.717, 1.165) is 26.5 Å². The first kappa shape index (κ1) is 23.1. The zero-order chi connectivity index (χ0) is 24.7. The largest absolute Gasteiger partial charge is 0.435 e. The second-order valence-corrected chi connectivity index (χ2v) is 9.24. The molecule has 2 heterocycles. The SMILES string of the molecule is Cc1ccc2nc(NC(=O)c3ccc(-c4cc(C(F)(F)F)nn4-c4ccccc4Cl)cc3)sc2c1. The zero-order valence-electron chi connectivity index (χ0n) is 18.1. The Labute approximate surface area is 206 Å². The maximum atomic E-state index is 13.4. The van der Waals surface area contributed by atoms with Crippen LogP contribution in [-0.4, -0.2) is 20.7 Å². The summed E-state index contributed by atoms with van der Waals surface area (Å²) in [4.78, 5) is 17.2. The molecule has 1 N–H and O–H groups in total. The lowest BCUT2D eigenvalue weighted by molar-refractivity contribution is -0.141. The van der Waals surface area contributed by atoms with Gasteiger partial charge in [-0.05, 0) is 55.0 Å². The van der Waals surface area contributed by atoms with Crippen molar-refractivity contribution in [1.82, 2.24) is 14.8 Å². The van der Waals surface area contributed by atoms with Gasteiger partial charge in [0, 0.05) is 11.1 Å². The number of amides is 1. The van der Waals surface area contributed by atoms with Gasteiger partial charge in [-0.3, -0.25) is 10.1 Å². The van der Waals surface area contributed by atoms with Crippen molar-refractivity contribution in [3.63, 3.8) is 0 Å². The van der Waals surface area contributed by atoms with Gasteiger partial charge in [0.1, 0.15) is 0 Å². The van der Waals surface area contributed by atoms with Gasteiger partial charge in [0.2, 0.25) is 0 Å². The Hall–Kier alpha value is -3.69. The molecule has 0 aliphatic rings. The molecule has 0 spiro atoms. The summed E-state index contributed by atoms with van der Waals surface area (Å²) in [5.74, 6) is -0.372. The summed E-state index contributed by atoms with van der Waals surface area (Å²) in [7, 11) is 0. The number of carbonyl (C=O) groups is 1. The fourth-order valence-electron chi connectivity index (χ4n) is 3.58. The molecule has 0 radical (unpaired) electrons. The van der Waals surface area contributed by atoms with Gasteiger partial charge in [-0.2, -0.15) is 18.3 Å². The third-order valence-electron chi connectivity index (χ3n) is 5.29. The third kappa shape index (κ3) is 4.65. The third-order valence-corrected chi connectivity index (χ3v) is 6.54. The first-order chi connectivity index (χ1) is 16.7. The van der Waals surface area contributed by atoms with Crippen LogP contribution in [0.2, 0.25) is 5.02 Å². The number of hydrogen-bond donors (Lipinski definition) is 1. The number of aryl methyl sites for hydroxylation is 1. The molecule has 1 amide bonds. The molecule has 5 rings (SSSR count). The Bertz CT molecular complexity index is 1560. The van der Waals surface area contributed by atoms with Gasteiger partial charge in [0.05, 0.1) is 26.6 Å². The van der Waals surface area contributed by atoms with Crippen molar-refractivity contribution < 1.29 is 18.0 Å². The highest BCUT2D eigenvalue weighted by atomic mass is 35.5. The Morgan fingerprint density at radius 3 is 2.49 bits per heavy atom. The lowest BCUT2D eigenvalue weighted by Crippen LogP contribution is -2.11. The smallest absolute Gasteiger partial charge is 0.298 e. The van der Waals surface area contributed by atoms with Gasteiger partial charge in [-0.25, -0.2) is 9.67 Å². The summed E-state index contributed by atoms with van der Waals surface area (Å²) >= 11 is 7.59. The van der Waals surface area contributed by atoms with E-state index < -0.39 is 11.9 Å². The van der Waals surface area contributed by atoms with Gasteiger partial charge in [0.25, 0.3) is 5.91 Å². The van der Waals surface area contributed by atoms with Crippen molar-refractivity contribution in [3.8, 4) is 16.9 Å². The molecule has 10 heteroatoms. The zero-order valence-corrected chi connectivity index (χ0v) is 19.7. The minimum absolute atomic E-state index is 0.193. The first-order valence-electron chi connectivity index (χ1n) is 10.4. The number of anilines is 1. The quantitative estimate of drug-likeness (QED) is 0.273. The van der Waals surface area contributed by atoms with E-state index in [1.807, 2.05) is 25.1 Å². The number of fused-ring (bicyclic) bond motifs is 1. The number of rotatable bonds is 4. The van der Waals surface area contributed by atoms with Crippen LogP contribution in [0, 0.1) is 6.92 Å². The highest BCUT2D eigenvalue weighted by molar-refractivity contribution is 7.22. The summed E-state index contributed by atoms with van der Waals surface area (Å²) in [5.41, 5.74) is 2.13. The average Bonchev–Trinajstić information content (AvgIpc) is 3.43. The monoisotopic (exact) mass is 512 g/mol. The number of alkyl halides is 3. The minimum atomic E-state index is -4.63. The van der Waals surface area contributed by atoms with Crippen molar-refractivity contribution in [3.05, 3.63) is 94.6 Å². The summed E-state index contributed by atoms with van der Waals surface area (Å²) < 4.78 is 42.4. The Morgan fingerprint density at radius 2 is 1.77 bits per heavy atom. The van der Waals surface area contributed by atoms with Crippen LogP contribution in [0.4, 0.5) is 18.3 Å². The molecule has 2 aromatic heterocycles. The lowest BCUT2D eigenvalue weighted by Gasteiger charge is -2.10. The van der Waals surface area contributed by atoms with E-state index in [4.69, 9.17) is 11.6 Å². The molecule has 0 bridgehead atoms. The summed E-state index contributed by atoms with van der Waals surface area (Å²) in [5, 5.41) is 7.25. The molecular formula is C25H16ClF3N4OS. The van der Waals surface area contributed by atoms with Gasteiger partial charge >= 0.3 is 6.18 Å². The molecule has 35 heavy (non-hydrogen) atoms. The molecule has 5 aromatic rings. The minimum Gasteiger partial charge on any atom is -0.298 e. The Kier molecular flexibility index (Phi) is 5.82. The fraction of sp³-hybridized carbons (Fsp3) is 0.0800. The lowest BCUT2D eigenvalue weighted by atomic mass is 10.1. The molecule has 0 saturated carbocycles. The molecule has 0 atom stereocenters. The predicted molar refractivity (Wildman–Crippen MR) is 131 cm³/mol. The van der Waals surface area contributed by atoms with Crippen molar-refractivity contribution in [2.75, 3.05) is 5.32 Å². The van der Waals surface area contributed by atoms with Gasteiger partial charge < -0.3 is 0 Å². The standard InChI is InChI=1S/C25H16ClF3N4OS/c1-14-6-11-18-21(12-14)35-24(30-18)31-23(34)16-9-7-15(8-10-16)20-13-22(25(27,28)29)32-33(20)19-5-3-2-4-17(19)26/h2-13H,1H3,(H,30,31,34). The molecule has 5 nitrogen and oxygen atoms in total. The van der Waals surface area contributed by atoms with Crippen molar-refractivity contribution >= 4 is 44.2 Å². The van der Waals surface area contributed by atoms with Gasteiger partial charge in [-0.15, -0.1) is 0 Å². The van der Waals surface area contributed by atoms with E-state index in [-0.39, 0.29) is 16.6 Å². The van der Waals surface area contributed by atoms with Crippen LogP contribution in [0.1, 0.15) is 21.6 Å². The highest BCUT2D eigenvalue weighted by Crippen LogP contribution is 2.35. The van der Waals surface area contributed by atoms with Gasteiger partial charge in [0.15, 0.2) is 10.8 Å². The molecule has 176 valence electrons. The van der Waals surface area contributed by atoms with Gasteiger partial charge in [-0.1, -0.05) is 53.3 Å². The highest BCUT2D eigenvalue weighted by Gasteiger charge is 2.35. The topological polar surface area (TPSA) is 59.8 Å². The molecule has 0 aliphatic heterocycles. The number of nitrogens with zero attached hydrogens (tertiary/aromatic N) is 3. The Morgan fingerprint density at radius 1 is 1.03 bits per heavy atom. The van der Waals surface area contributed by atoms with Crippen LogP contribution in [0.15, 0.2) is 72.8 Å². The van der Waals surface area contributed by atoms with E-state index in [2.05, 4.69) is 15.4 Å². The van der Waals surface area contributed by atoms with Crippen molar-refractivity contribution in [2.24, 2.45) is 0 Å². The number of hydrogen-bond acceptors (Lipinski definition) is 4. The fourth-order valence-corrected chi connectivity index (χ4v) is 4.75. The van der Waals surface area contributed by atoms with Crippen LogP contribution in [0.5, 0.6) is 0 Å². The molecular weight excluding hydrogens is 497 g/mol. The van der Waals surface area contributed by atoms with E-state index in [9.17, 15) is 18.0 Å². The Balaban J connectivity index is 1.45. The van der Waals surface area contributed by atoms with Crippen LogP contribution in [0.3, 0.4) is 0 Å². The average molecular weight is 513 g/mol. The normalized spacial score (nSPS) is 11.7. The van der Waals surface area contributed by atoms with Crippen molar-refractivity contribution in [2.45, 2.75) is 13.1 Å².